The second-order valence-electron chi connectivity index (χ2n) is 5.65. The highest BCUT2D eigenvalue weighted by atomic mass is 16.5. The molecule has 0 unspecified atom stereocenters. The molecule has 0 radical (unpaired) electrons. The van der Waals surface area contributed by atoms with Crippen molar-refractivity contribution in [1.29, 1.82) is 0 Å². The molecule has 0 saturated carbocycles. The van der Waals surface area contributed by atoms with Crippen LogP contribution in [0.1, 0.15) is 37.7 Å². The van der Waals surface area contributed by atoms with Crippen molar-refractivity contribution in [2.45, 2.75) is 39.0 Å². The van der Waals surface area contributed by atoms with Crippen LogP contribution >= 0.6 is 0 Å². The minimum absolute atomic E-state index is 0.0124. The monoisotopic (exact) mass is 303 g/mol. The van der Waals surface area contributed by atoms with E-state index in [-0.39, 0.29) is 12.5 Å². The summed E-state index contributed by atoms with van der Waals surface area (Å²) in [6.45, 7) is 2.68. The summed E-state index contributed by atoms with van der Waals surface area (Å²) in [6.07, 6.45) is 8.17. The van der Waals surface area contributed by atoms with Crippen LogP contribution in [0.2, 0.25) is 0 Å². The van der Waals surface area contributed by atoms with Crippen molar-refractivity contribution < 1.29 is 14.3 Å². The van der Waals surface area contributed by atoms with Gasteiger partial charge in [0.25, 0.3) is 5.91 Å². The van der Waals surface area contributed by atoms with Crippen molar-refractivity contribution in [2.24, 2.45) is 0 Å². The number of hydrogen-bond donors (Lipinski definition) is 1. The van der Waals surface area contributed by atoms with E-state index in [0.29, 0.717) is 18.0 Å². The Bertz CT molecular complexity index is 537. The summed E-state index contributed by atoms with van der Waals surface area (Å²) in [4.78, 5) is 11.8. The summed E-state index contributed by atoms with van der Waals surface area (Å²) >= 11 is 0. The standard InChI is InChI=1S/C18H25NO3/c1-14-8-9-16(17(12-14)21-2)22-13-18(20)19-11-10-15-6-4-3-5-7-15/h6,8-9,12H,3-5,7,10-11,13H2,1-2H3,(H,19,20). The summed E-state index contributed by atoms with van der Waals surface area (Å²) in [5.74, 6) is 1.15. The molecule has 4 heteroatoms. The van der Waals surface area contributed by atoms with E-state index in [1.54, 1.807) is 7.11 Å². The molecule has 0 saturated heterocycles. The molecule has 22 heavy (non-hydrogen) atoms. The number of amides is 1. The van der Waals surface area contributed by atoms with E-state index >= 15 is 0 Å². The lowest BCUT2D eigenvalue weighted by atomic mass is 9.97. The van der Waals surface area contributed by atoms with Crippen LogP contribution in [0.4, 0.5) is 0 Å². The van der Waals surface area contributed by atoms with Crippen LogP contribution in [0.15, 0.2) is 29.8 Å². The van der Waals surface area contributed by atoms with E-state index in [0.717, 1.165) is 12.0 Å². The lowest BCUT2D eigenvalue weighted by Crippen LogP contribution is -2.30. The van der Waals surface area contributed by atoms with Gasteiger partial charge in [0.15, 0.2) is 18.1 Å². The highest BCUT2D eigenvalue weighted by Crippen LogP contribution is 2.27. The average Bonchev–Trinajstić information content (AvgIpc) is 2.54. The molecule has 1 aromatic rings. The van der Waals surface area contributed by atoms with E-state index in [9.17, 15) is 4.79 Å². The third kappa shape index (κ3) is 5.10. The van der Waals surface area contributed by atoms with Gasteiger partial charge in [0, 0.05) is 6.54 Å². The van der Waals surface area contributed by atoms with Crippen LogP contribution in [-0.4, -0.2) is 26.2 Å². The predicted octanol–water partition coefficient (Wildman–Crippen LogP) is 3.39. The molecule has 0 spiro atoms. The number of methoxy groups -OCH3 is 1. The quantitative estimate of drug-likeness (QED) is 0.785. The van der Waals surface area contributed by atoms with Gasteiger partial charge >= 0.3 is 0 Å². The number of aryl methyl sites for hydroxylation is 1. The van der Waals surface area contributed by atoms with Gasteiger partial charge in [-0.05, 0) is 56.7 Å². The second-order valence-corrected chi connectivity index (χ2v) is 5.65. The Morgan fingerprint density at radius 2 is 2.14 bits per heavy atom. The fraction of sp³-hybridized carbons (Fsp3) is 0.500. The summed E-state index contributed by atoms with van der Waals surface area (Å²) in [5.41, 5.74) is 2.56. The highest BCUT2D eigenvalue weighted by Gasteiger charge is 2.08. The van der Waals surface area contributed by atoms with E-state index in [4.69, 9.17) is 9.47 Å². The first-order chi connectivity index (χ1) is 10.7. The van der Waals surface area contributed by atoms with E-state index in [1.807, 2.05) is 25.1 Å². The van der Waals surface area contributed by atoms with Gasteiger partial charge in [-0.25, -0.2) is 0 Å². The largest absolute Gasteiger partial charge is 0.493 e. The number of carbonyl (C=O) groups is 1. The third-order valence-corrected chi connectivity index (χ3v) is 3.83. The molecule has 0 fully saturated rings. The second kappa shape index (κ2) is 8.47. The van der Waals surface area contributed by atoms with Crippen LogP contribution in [0.25, 0.3) is 0 Å². The molecule has 0 aromatic heterocycles. The zero-order chi connectivity index (χ0) is 15.8. The molecule has 4 nitrogen and oxygen atoms in total. The summed E-state index contributed by atoms with van der Waals surface area (Å²) < 4.78 is 10.8. The molecule has 120 valence electrons. The topological polar surface area (TPSA) is 47.6 Å². The number of carbonyl (C=O) groups excluding carboxylic acids is 1. The highest BCUT2D eigenvalue weighted by molar-refractivity contribution is 5.77. The Hall–Kier alpha value is -1.97. The van der Waals surface area contributed by atoms with Gasteiger partial charge < -0.3 is 14.8 Å². The zero-order valence-electron chi connectivity index (χ0n) is 13.5. The van der Waals surface area contributed by atoms with Gasteiger partial charge in [0.1, 0.15) is 0 Å². The third-order valence-electron chi connectivity index (χ3n) is 3.83. The fourth-order valence-electron chi connectivity index (χ4n) is 2.58. The Labute approximate surface area is 132 Å². The van der Waals surface area contributed by atoms with Gasteiger partial charge in [0.05, 0.1) is 7.11 Å². The maximum atomic E-state index is 11.8. The van der Waals surface area contributed by atoms with Crippen molar-refractivity contribution in [1.82, 2.24) is 5.32 Å². The molecule has 0 atom stereocenters. The first kappa shape index (κ1) is 16.4. The number of hydrogen-bond acceptors (Lipinski definition) is 3. The normalized spacial score (nSPS) is 14.2. The Balaban J connectivity index is 1.72. The van der Waals surface area contributed by atoms with Gasteiger partial charge in [-0.1, -0.05) is 17.7 Å². The summed E-state index contributed by atoms with van der Waals surface area (Å²) in [5, 5.41) is 2.90. The number of nitrogens with one attached hydrogen (secondary N) is 1. The first-order valence-electron chi connectivity index (χ1n) is 7.91. The first-order valence-corrected chi connectivity index (χ1v) is 7.91. The van der Waals surface area contributed by atoms with Crippen LogP contribution in [-0.2, 0) is 4.79 Å². The lowest BCUT2D eigenvalue weighted by Gasteiger charge is -2.14. The Morgan fingerprint density at radius 3 is 2.86 bits per heavy atom. The lowest BCUT2D eigenvalue weighted by molar-refractivity contribution is -0.123. The molecule has 0 heterocycles. The number of rotatable bonds is 7. The maximum absolute atomic E-state index is 11.8. The zero-order valence-corrected chi connectivity index (χ0v) is 13.5. The molecule has 1 amide bonds. The van der Waals surface area contributed by atoms with E-state index in [2.05, 4.69) is 11.4 Å². The molecule has 1 N–H and O–H groups in total. The molecule has 0 bridgehead atoms. The minimum Gasteiger partial charge on any atom is -0.493 e. The summed E-state index contributed by atoms with van der Waals surface area (Å²) in [6, 6.07) is 5.66. The van der Waals surface area contributed by atoms with Crippen molar-refractivity contribution in [3.05, 3.63) is 35.4 Å². The van der Waals surface area contributed by atoms with Crippen LogP contribution in [0, 0.1) is 6.92 Å². The number of allylic oxidation sites excluding steroid dienone is 1. The van der Waals surface area contributed by atoms with Crippen LogP contribution in [0.3, 0.4) is 0 Å². The van der Waals surface area contributed by atoms with Crippen LogP contribution in [0.5, 0.6) is 11.5 Å². The fourth-order valence-corrected chi connectivity index (χ4v) is 2.58. The molecule has 0 aliphatic heterocycles. The summed E-state index contributed by atoms with van der Waals surface area (Å²) in [7, 11) is 1.60. The Kier molecular flexibility index (Phi) is 6.31. The van der Waals surface area contributed by atoms with Crippen molar-refractivity contribution in [2.75, 3.05) is 20.3 Å². The molecule has 2 rings (SSSR count). The van der Waals surface area contributed by atoms with Crippen molar-refractivity contribution >= 4 is 5.91 Å². The van der Waals surface area contributed by atoms with E-state index < -0.39 is 0 Å². The smallest absolute Gasteiger partial charge is 0.257 e. The Morgan fingerprint density at radius 1 is 1.27 bits per heavy atom. The maximum Gasteiger partial charge on any atom is 0.257 e. The van der Waals surface area contributed by atoms with Gasteiger partial charge in [-0.15, -0.1) is 0 Å². The molecule has 1 aliphatic rings. The SMILES string of the molecule is COc1cc(C)ccc1OCC(=O)NCCC1=CCCCC1. The number of benzene rings is 1. The average molecular weight is 303 g/mol. The van der Waals surface area contributed by atoms with Gasteiger partial charge in [-0.2, -0.15) is 0 Å². The van der Waals surface area contributed by atoms with E-state index in [1.165, 1.54) is 31.3 Å². The molecule has 1 aromatic carbocycles. The van der Waals surface area contributed by atoms with Gasteiger partial charge in [0.2, 0.25) is 0 Å². The van der Waals surface area contributed by atoms with Crippen molar-refractivity contribution in [3.8, 4) is 11.5 Å². The predicted molar refractivity (Wildman–Crippen MR) is 87.4 cm³/mol. The van der Waals surface area contributed by atoms with Crippen molar-refractivity contribution in [3.63, 3.8) is 0 Å². The number of ether oxygens (including phenoxy) is 2. The minimum atomic E-state index is -0.0981. The molecular weight excluding hydrogens is 278 g/mol. The molecular formula is C18H25NO3. The molecule has 1 aliphatic carbocycles. The van der Waals surface area contributed by atoms with Gasteiger partial charge in [-0.3, -0.25) is 4.79 Å². The van der Waals surface area contributed by atoms with Crippen LogP contribution < -0.4 is 14.8 Å².